The molecular weight excluding hydrogens is 357 g/mol. The fraction of sp³-hybridized carbons (Fsp3) is 0.444. The van der Waals surface area contributed by atoms with E-state index in [4.69, 9.17) is 4.74 Å². The fourth-order valence-corrected chi connectivity index (χ4v) is 3.40. The minimum atomic E-state index is -0.912. The monoisotopic (exact) mass is 377 g/mol. The summed E-state index contributed by atoms with van der Waals surface area (Å²) in [5, 5.41) is 5.07. The lowest BCUT2D eigenvalue weighted by Gasteiger charge is -2.30. The average Bonchev–Trinajstić information content (AvgIpc) is 2.85. The zero-order valence-corrected chi connectivity index (χ0v) is 14.6. The van der Waals surface area contributed by atoms with Gasteiger partial charge in [-0.05, 0) is 31.0 Å². The number of nitrogens with zero attached hydrogens (tertiary/aromatic N) is 1. The van der Waals surface area contributed by atoms with Crippen LogP contribution in [0.15, 0.2) is 24.3 Å². The Morgan fingerprint density at radius 1 is 1.22 bits per heavy atom. The van der Waals surface area contributed by atoms with Crippen molar-refractivity contribution >= 4 is 29.5 Å². The number of benzene rings is 1. The van der Waals surface area contributed by atoms with E-state index >= 15 is 0 Å². The zero-order chi connectivity index (χ0) is 19.4. The molecule has 0 unspecified atom stereocenters. The normalized spacial score (nSPS) is 18.3. The number of halogens is 1. The summed E-state index contributed by atoms with van der Waals surface area (Å²) in [6.07, 6.45) is 3.79. The highest BCUT2D eigenvalue weighted by Gasteiger charge is 2.51. The fourth-order valence-electron chi connectivity index (χ4n) is 3.40. The van der Waals surface area contributed by atoms with Gasteiger partial charge in [0.15, 0.2) is 6.61 Å². The molecule has 0 aromatic heterocycles. The van der Waals surface area contributed by atoms with Gasteiger partial charge in [-0.3, -0.25) is 19.3 Å². The van der Waals surface area contributed by atoms with Crippen molar-refractivity contribution in [3.63, 3.8) is 0 Å². The predicted molar refractivity (Wildman–Crippen MR) is 92.0 cm³/mol. The number of ether oxygens (including phenoxy) is 1. The molecule has 144 valence electrons. The first kappa shape index (κ1) is 18.8. The Morgan fingerprint density at radius 3 is 2.67 bits per heavy atom. The van der Waals surface area contributed by atoms with Crippen molar-refractivity contribution in [2.24, 2.45) is 0 Å². The lowest BCUT2D eigenvalue weighted by atomic mass is 9.82. The molecule has 2 aliphatic rings. The van der Waals surface area contributed by atoms with E-state index in [1.165, 1.54) is 18.2 Å². The van der Waals surface area contributed by atoms with Gasteiger partial charge in [-0.2, -0.15) is 0 Å². The Morgan fingerprint density at radius 2 is 1.96 bits per heavy atom. The lowest BCUT2D eigenvalue weighted by Crippen LogP contribution is -2.48. The summed E-state index contributed by atoms with van der Waals surface area (Å²) in [5.74, 6) is -2.47. The zero-order valence-electron chi connectivity index (χ0n) is 14.6. The number of hydrogen-bond acceptors (Lipinski definition) is 5. The molecule has 9 heteroatoms. The quantitative estimate of drug-likeness (QED) is 0.599. The molecule has 1 aromatic carbocycles. The van der Waals surface area contributed by atoms with Gasteiger partial charge in [-0.15, -0.1) is 0 Å². The minimum absolute atomic E-state index is 0.226. The Kier molecular flexibility index (Phi) is 5.38. The Balaban J connectivity index is 1.49. The van der Waals surface area contributed by atoms with Gasteiger partial charge < -0.3 is 15.4 Å². The van der Waals surface area contributed by atoms with Gasteiger partial charge in [0.05, 0.1) is 0 Å². The number of esters is 1. The number of carbonyl (C=O) groups excluding carboxylic acids is 4. The van der Waals surface area contributed by atoms with E-state index in [1.807, 2.05) is 0 Å². The van der Waals surface area contributed by atoms with Crippen molar-refractivity contribution in [1.82, 2.24) is 10.2 Å². The number of nitrogens with one attached hydrogen (secondary N) is 2. The molecule has 27 heavy (non-hydrogen) atoms. The molecule has 1 saturated carbocycles. The highest BCUT2D eigenvalue weighted by molar-refractivity contribution is 6.08. The summed E-state index contributed by atoms with van der Waals surface area (Å²) in [4.78, 5) is 49.2. The first-order valence-corrected chi connectivity index (χ1v) is 8.75. The van der Waals surface area contributed by atoms with Gasteiger partial charge in [0, 0.05) is 5.69 Å². The van der Waals surface area contributed by atoms with Crippen LogP contribution in [0.1, 0.15) is 32.1 Å². The third kappa shape index (κ3) is 4.24. The van der Waals surface area contributed by atoms with Crippen molar-refractivity contribution in [1.29, 1.82) is 0 Å². The maximum atomic E-state index is 13.1. The molecule has 1 aliphatic carbocycles. The molecule has 1 saturated heterocycles. The smallest absolute Gasteiger partial charge is 0.326 e. The van der Waals surface area contributed by atoms with Gasteiger partial charge in [0.1, 0.15) is 17.9 Å². The number of carbonyl (C=O) groups is 4. The van der Waals surface area contributed by atoms with E-state index in [-0.39, 0.29) is 5.69 Å². The van der Waals surface area contributed by atoms with Crippen LogP contribution in [0.2, 0.25) is 0 Å². The Labute approximate surface area is 155 Å². The van der Waals surface area contributed by atoms with E-state index in [9.17, 15) is 23.6 Å². The van der Waals surface area contributed by atoms with Crippen molar-refractivity contribution in [3.8, 4) is 0 Å². The summed E-state index contributed by atoms with van der Waals surface area (Å²) in [7, 11) is 0. The summed E-state index contributed by atoms with van der Waals surface area (Å²) in [6, 6.07) is 4.64. The SMILES string of the molecule is O=C(COC(=O)CN1C(=O)NC2(CCCCC2)C1=O)Nc1cccc(F)c1. The number of imide groups is 1. The Hall–Kier alpha value is -2.97. The number of amides is 4. The van der Waals surface area contributed by atoms with Crippen LogP contribution < -0.4 is 10.6 Å². The van der Waals surface area contributed by atoms with Crippen LogP contribution in [0.25, 0.3) is 0 Å². The summed E-state index contributed by atoms with van der Waals surface area (Å²) in [5.41, 5.74) is -0.686. The van der Waals surface area contributed by atoms with E-state index in [0.717, 1.165) is 30.2 Å². The molecule has 0 radical (unpaired) electrons. The second kappa shape index (κ2) is 7.73. The summed E-state index contributed by atoms with van der Waals surface area (Å²) < 4.78 is 17.9. The number of anilines is 1. The summed E-state index contributed by atoms with van der Waals surface area (Å²) >= 11 is 0. The second-order valence-electron chi connectivity index (χ2n) is 6.68. The van der Waals surface area contributed by atoms with Crippen LogP contribution in [0.5, 0.6) is 0 Å². The lowest BCUT2D eigenvalue weighted by molar-refractivity contribution is -0.150. The van der Waals surface area contributed by atoms with Crippen molar-refractivity contribution < 1.29 is 28.3 Å². The number of hydrogen-bond donors (Lipinski definition) is 2. The van der Waals surface area contributed by atoms with E-state index in [2.05, 4.69) is 10.6 Å². The topological polar surface area (TPSA) is 105 Å². The van der Waals surface area contributed by atoms with Gasteiger partial charge in [0.2, 0.25) is 0 Å². The molecule has 1 aromatic rings. The molecule has 1 spiro atoms. The molecule has 2 fully saturated rings. The highest BCUT2D eigenvalue weighted by Crippen LogP contribution is 2.33. The van der Waals surface area contributed by atoms with Crippen molar-refractivity contribution in [2.45, 2.75) is 37.6 Å². The molecule has 8 nitrogen and oxygen atoms in total. The molecule has 4 amide bonds. The van der Waals surface area contributed by atoms with Crippen LogP contribution in [0.4, 0.5) is 14.9 Å². The first-order valence-electron chi connectivity index (χ1n) is 8.75. The number of rotatable bonds is 5. The van der Waals surface area contributed by atoms with E-state index in [1.54, 1.807) is 0 Å². The van der Waals surface area contributed by atoms with E-state index < -0.39 is 48.3 Å². The van der Waals surface area contributed by atoms with Gasteiger partial charge in [-0.25, -0.2) is 9.18 Å². The maximum absolute atomic E-state index is 13.1. The molecule has 2 N–H and O–H groups in total. The standard InChI is InChI=1S/C18H20FN3O5/c19-12-5-4-6-13(9-12)20-14(23)11-27-15(24)10-22-16(25)18(21-17(22)26)7-2-1-3-8-18/h4-6,9H,1-3,7-8,10-11H2,(H,20,23)(H,21,26). The van der Waals surface area contributed by atoms with Crippen LogP contribution in [0, 0.1) is 5.82 Å². The summed E-state index contributed by atoms with van der Waals surface area (Å²) in [6.45, 7) is -1.16. The number of urea groups is 1. The van der Waals surface area contributed by atoms with Crippen LogP contribution in [0.3, 0.4) is 0 Å². The second-order valence-corrected chi connectivity index (χ2v) is 6.68. The third-order valence-corrected chi connectivity index (χ3v) is 4.71. The molecule has 1 aliphatic heterocycles. The largest absolute Gasteiger partial charge is 0.454 e. The van der Waals surface area contributed by atoms with E-state index in [0.29, 0.717) is 12.8 Å². The third-order valence-electron chi connectivity index (χ3n) is 4.71. The van der Waals surface area contributed by atoms with Crippen molar-refractivity contribution in [2.75, 3.05) is 18.5 Å². The van der Waals surface area contributed by atoms with Gasteiger partial charge >= 0.3 is 12.0 Å². The van der Waals surface area contributed by atoms with Gasteiger partial charge in [0.25, 0.3) is 11.8 Å². The molecule has 0 atom stereocenters. The highest BCUT2D eigenvalue weighted by atomic mass is 19.1. The van der Waals surface area contributed by atoms with Crippen LogP contribution in [-0.2, 0) is 19.1 Å². The molecule has 0 bridgehead atoms. The molecule has 1 heterocycles. The molecule has 3 rings (SSSR count). The Bertz CT molecular complexity index is 776. The molecular formula is C18H20FN3O5. The maximum Gasteiger partial charge on any atom is 0.326 e. The van der Waals surface area contributed by atoms with Crippen molar-refractivity contribution in [3.05, 3.63) is 30.1 Å². The van der Waals surface area contributed by atoms with Gasteiger partial charge in [-0.1, -0.05) is 25.3 Å². The predicted octanol–water partition coefficient (Wildman–Crippen LogP) is 1.56. The average molecular weight is 377 g/mol. The minimum Gasteiger partial charge on any atom is -0.454 e. The van der Waals surface area contributed by atoms with Crippen LogP contribution >= 0.6 is 0 Å². The van der Waals surface area contributed by atoms with Crippen LogP contribution in [-0.4, -0.2) is 47.4 Å². The first-order chi connectivity index (χ1) is 12.9.